The van der Waals surface area contributed by atoms with Crippen LogP contribution in [0.25, 0.3) is 0 Å². The summed E-state index contributed by atoms with van der Waals surface area (Å²) in [7, 11) is 0. The lowest BCUT2D eigenvalue weighted by Crippen LogP contribution is -2.41. The number of aliphatic carboxylic acids is 1. The van der Waals surface area contributed by atoms with E-state index in [1.165, 1.54) is 19.1 Å². The molecule has 0 saturated heterocycles. The minimum Gasteiger partial charge on any atom is -0.478 e. The highest BCUT2D eigenvalue weighted by Crippen LogP contribution is 2.18. The second-order valence-corrected chi connectivity index (χ2v) is 4.80. The Morgan fingerprint density at radius 1 is 1.30 bits per heavy atom. The summed E-state index contributed by atoms with van der Waals surface area (Å²) in [5.74, 6) is -1.65. The largest absolute Gasteiger partial charge is 0.478 e. The zero-order valence-electron chi connectivity index (χ0n) is 12.4. The predicted molar refractivity (Wildman–Crippen MR) is 79.2 cm³/mol. The van der Waals surface area contributed by atoms with E-state index in [1.54, 1.807) is 12.1 Å². The summed E-state index contributed by atoms with van der Waals surface area (Å²) in [6, 6.07) is 6.18. The van der Waals surface area contributed by atoms with Crippen LogP contribution in [0.4, 0.5) is 4.79 Å². The van der Waals surface area contributed by atoms with Crippen LogP contribution in [0, 0.1) is 0 Å². The van der Waals surface area contributed by atoms with E-state index in [0.717, 1.165) is 6.92 Å². The number of ether oxygens (including phenoxy) is 3. The molecule has 2 atom stereocenters. The molecule has 0 fully saturated rings. The van der Waals surface area contributed by atoms with Gasteiger partial charge in [-0.1, -0.05) is 17.7 Å². The minimum atomic E-state index is -1.34. The molecule has 0 heterocycles. The van der Waals surface area contributed by atoms with Gasteiger partial charge in [-0.05, 0) is 18.2 Å². The third kappa shape index (κ3) is 7.37. The van der Waals surface area contributed by atoms with Crippen molar-refractivity contribution in [2.24, 2.45) is 0 Å². The number of rotatable bonds is 7. The highest BCUT2D eigenvalue weighted by molar-refractivity contribution is 6.30. The number of nitrogens with one attached hydrogen (secondary N) is 1. The van der Waals surface area contributed by atoms with Crippen molar-refractivity contribution in [3.05, 3.63) is 29.3 Å². The summed E-state index contributed by atoms with van der Waals surface area (Å²) in [5.41, 5.74) is 0. The number of amides is 1. The van der Waals surface area contributed by atoms with Gasteiger partial charge in [0, 0.05) is 18.9 Å². The number of carbonyl (C=O) groups excluding carboxylic acids is 2. The number of benzene rings is 1. The molecule has 1 rings (SSSR count). The van der Waals surface area contributed by atoms with E-state index in [4.69, 9.17) is 26.2 Å². The number of halogens is 1. The number of hydrogen-bond donors (Lipinski definition) is 2. The molecule has 0 radical (unpaired) electrons. The van der Waals surface area contributed by atoms with Crippen LogP contribution in [0.5, 0.6) is 5.75 Å². The Balaban J connectivity index is 2.52. The molecule has 0 aromatic heterocycles. The van der Waals surface area contributed by atoms with E-state index >= 15 is 0 Å². The maximum absolute atomic E-state index is 11.5. The first kappa shape index (κ1) is 18.6. The molecule has 0 aliphatic carbocycles. The Labute approximate surface area is 137 Å². The van der Waals surface area contributed by atoms with Crippen molar-refractivity contribution < 1.29 is 33.7 Å². The molecule has 8 nitrogen and oxygen atoms in total. The van der Waals surface area contributed by atoms with E-state index in [-0.39, 0.29) is 12.3 Å². The van der Waals surface area contributed by atoms with Gasteiger partial charge in [-0.15, -0.1) is 0 Å². The average Bonchev–Trinajstić information content (AvgIpc) is 2.42. The zero-order chi connectivity index (χ0) is 17.4. The van der Waals surface area contributed by atoms with Gasteiger partial charge >= 0.3 is 18.0 Å². The van der Waals surface area contributed by atoms with Crippen LogP contribution in [0.1, 0.15) is 13.8 Å². The molecule has 1 aromatic carbocycles. The van der Waals surface area contributed by atoms with Crippen LogP contribution in [-0.4, -0.2) is 42.1 Å². The lowest BCUT2D eigenvalue weighted by Gasteiger charge is -2.17. The second kappa shape index (κ2) is 8.84. The van der Waals surface area contributed by atoms with Gasteiger partial charge in [0.1, 0.15) is 5.75 Å². The molecule has 0 bridgehead atoms. The van der Waals surface area contributed by atoms with E-state index < -0.39 is 30.4 Å². The molecule has 0 aliphatic heterocycles. The Kier molecular flexibility index (Phi) is 7.14. The highest BCUT2D eigenvalue weighted by atomic mass is 35.5. The molecule has 126 valence electrons. The first-order valence-electron chi connectivity index (χ1n) is 6.54. The summed E-state index contributed by atoms with van der Waals surface area (Å²) in [6.45, 7) is 2.16. The fourth-order valence-corrected chi connectivity index (χ4v) is 1.69. The normalized spacial score (nSPS) is 12.7. The lowest BCUT2D eigenvalue weighted by molar-refractivity contribution is -0.162. The van der Waals surface area contributed by atoms with Crippen molar-refractivity contribution in [1.82, 2.24) is 5.32 Å². The van der Waals surface area contributed by atoms with Crippen LogP contribution in [0.15, 0.2) is 24.3 Å². The molecule has 0 unspecified atom stereocenters. The first-order chi connectivity index (χ1) is 10.8. The van der Waals surface area contributed by atoms with Crippen LogP contribution in [-0.2, 0) is 19.1 Å². The second-order valence-electron chi connectivity index (χ2n) is 4.37. The van der Waals surface area contributed by atoms with Gasteiger partial charge in [-0.2, -0.15) is 0 Å². The summed E-state index contributed by atoms with van der Waals surface area (Å²) in [5, 5.41) is 11.7. The van der Waals surface area contributed by atoms with Crippen LogP contribution in [0.3, 0.4) is 0 Å². The van der Waals surface area contributed by atoms with Gasteiger partial charge in [0.25, 0.3) is 0 Å². The van der Waals surface area contributed by atoms with Crippen molar-refractivity contribution >= 4 is 29.6 Å². The van der Waals surface area contributed by atoms with E-state index in [2.05, 4.69) is 10.1 Å². The highest BCUT2D eigenvalue weighted by Gasteiger charge is 2.21. The topological polar surface area (TPSA) is 111 Å². The molecule has 0 saturated carbocycles. The number of carboxylic acids is 1. The van der Waals surface area contributed by atoms with Gasteiger partial charge in [0.2, 0.25) is 12.4 Å². The van der Waals surface area contributed by atoms with Crippen molar-refractivity contribution in [3.8, 4) is 5.75 Å². The first-order valence-corrected chi connectivity index (χ1v) is 6.92. The van der Waals surface area contributed by atoms with Crippen molar-refractivity contribution in [2.75, 3.05) is 6.54 Å². The lowest BCUT2D eigenvalue weighted by atomic mass is 10.3. The molecular formula is C14H16ClNO7. The SMILES string of the molecule is CC(=O)O[C@@H](C)OC(=O)NC[C@H](Oc1cccc(Cl)c1)C(=O)O. The molecule has 1 amide bonds. The number of carboxylic acid groups (broad SMARTS) is 1. The molecular weight excluding hydrogens is 330 g/mol. The molecule has 0 spiro atoms. The molecule has 2 N–H and O–H groups in total. The van der Waals surface area contributed by atoms with E-state index in [1.807, 2.05) is 0 Å². The quantitative estimate of drug-likeness (QED) is 0.572. The number of hydrogen-bond acceptors (Lipinski definition) is 6. The number of esters is 1. The fourth-order valence-electron chi connectivity index (χ4n) is 1.51. The summed E-state index contributed by atoms with van der Waals surface area (Å²) in [6.07, 6.45) is -3.38. The Hall–Kier alpha value is -2.48. The van der Waals surface area contributed by atoms with Crippen LogP contribution >= 0.6 is 11.6 Å². The summed E-state index contributed by atoms with van der Waals surface area (Å²) in [4.78, 5) is 33.3. The van der Waals surface area contributed by atoms with Gasteiger partial charge in [-0.3, -0.25) is 4.79 Å². The molecule has 0 aliphatic rings. The van der Waals surface area contributed by atoms with Gasteiger partial charge in [-0.25, -0.2) is 9.59 Å². The van der Waals surface area contributed by atoms with Gasteiger partial charge in [0.05, 0.1) is 6.54 Å². The van der Waals surface area contributed by atoms with Gasteiger partial charge in [0.15, 0.2) is 0 Å². The minimum absolute atomic E-state index is 0.244. The van der Waals surface area contributed by atoms with E-state index in [9.17, 15) is 14.4 Å². The van der Waals surface area contributed by atoms with E-state index in [0.29, 0.717) is 5.02 Å². The maximum atomic E-state index is 11.5. The van der Waals surface area contributed by atoms with Crippen LogP contribution in [0.2, 0.25) is 5.02 Å². The summed E-state index contributed by atoms with van der Waals surface area (Å²) < 4.78 is 14.5. The summed E-state index contributed by atoms with van der Waals surface area (Å²) >= 11 is 5.78. The molecule has 1 aromatic rings. The third-order valence-corrected chi connectivity index (χ3v) is 2.62. The predicted octanol–water partition coefficient (Wildman–Crippen LogP) is 1.81. The maximum Gasteiger partial charge on any atom is 0.410 e. The van der Waals surface area contributed by atoms with Crippen molar-refractivity contribution in [2.45, 2.75) is 26.2 Å². The molecule has 23 heavy (non-hydrogen) atoms. The number of alkyl carbamates (subject to hydrolysis) is 1. The smallest absolute Gasteiger partial charge is 0.410 e. The molecule has 9 heteroatoms. The standard InChI is InChI=1S/C14H16ClNO7/c1-8(17)21-9(2)22-14(20)16-7-12(13(18)19)23-11-5-3-4-10(15)6-11/h3-6,9,12H,7H2,1-2H3,(H,16,20)(H,18,19)/t9-,12+/m1/s1. The zero-order valence-corrected chi connectivity index (χ0v) is 13.2. The van der Waals surface area contributed by atoms with Crippen LogP contribution < -0.4 is 10.1 Å². The van der Waals surface area contributed by atoms with Gasteiger partial charge < -0.3 is 24.6 Å². The Morgan fingerprint density at radius 3 is 2.57 bits per heavy atom. The number of carbonyl (C=O) groups is 3. The monoisotopic (exact) mass is 345 g/mol. The third-order valence-electron chi connectivity index (χ3n) is 2.39. The van der Waals surface area contributed by atoms with Crippen molar-refractivity contribution in [3.63, 3.8) is 0 Å². The fraction of sp³-hybridized carbons (Fsp3) is 0.357. The average molecular weight is 346 g/mol. The Bertz CT molecular complexity index is 578. The Morgan fingerprint density at radius 2 is 2.00 bits per heavy atom. The van der Waals surface area contributed by atoms with Crippen molar-refractivity contribution in [1.29, 1.82) is 0 Å².